The predicted octanol–water partition coefficient (Wildman–Crippen LogP) is 0.799. The lowest BCUT2D eigenvalue weighted by Crippen LogP contribution is -2.20. The van der Waals surface area contributed by atoms with E-state index in [0.29, 0.717) is 18.5 Å². The maximum Gasteiger partial charge on any atom is 0.224 e. The first-order valence-electron chi connectivity index (χ1n) is 3.73. The second-order valence-electron chi connectivity index (χ2n) is 2.51. The Bertz CT molecular complexity index is 143. The smallest absolute Gasteiger partial charge is 0.224 e. The van der Waals surface area contributed by atoms with Crippen molar-refractivity contribution in [1.29, 1.82) is 0 Å². The fourth-order valence-corrected chi connectivity index (χ4v) is 0.698. The fourth-order valence-electron chi connectivity index (χ4n) is 0.698. The lowest BCUT2D eigenvalue weighted by atomic mass is 10.2. The van der Waals surface area contributed by atoms with E-state index < -0.39 is 0 Å². The topological polar surface area (TPSA) is 49.3 Å². The maximum atomic E-state index is 10.9. The van der Waals surface area contributed by atoms with Crippen LogP contribution in [0.15, 0.2) is 12.3 Å². The molecule has 3 heteroatoms. The number of nitrogens with one attached hydrogen (secondary N) is 1. The summed E-state index contributed by atoms with van der Waals surface area (Å²) in [5.74, 6) is -0.0223. The number of allylic oxidation sites excluding steroid dienone is 1. The van der Waals surface area contributed by atoms with E-state index >= 15 is 0 Å². The number of aliphatic hydroxyl groups is 1. The molecular formula is C8H15NO2. The standard InChI is InChI=1S/C8H15NO2/c1-7(2)9-8(11)5-3-4-6-10/h10H,1,3-6H2,2H3,(H,9,11). The average molecular weight is 157 g/mol. The van der Waals surface area contributed by atoms with Crippen LogP contribution in [0.5, 0.6) is 0 Å². The van der Waals surface area contributed by atoms with Crippen molar-refractivity contribution in [3.05, 3.63) is 12.3 Å². The largest absolute Gasteiger partial charge is 0.396 e. The molecule has 11 heavy (non-hydrogen) atoms. The molecule has 64 valence electrons. The molecule has 0 aromatic heterocycles. The van der Waals surface area contributed by atoms with E-state index in [9.17, 15) is 4.79 Å². The van der Waals surface area contributed by atoms with Crippen molar-refractivity contribution in [3.8, 4) is 0 Å². The Morgan fingerprint density at radius 3 is 2.64 bits per heavy atom. The number of aliphatic hydroxyl groups excluding tert-OH is 1. The predicted molar refractivity (Wildman–Crippen MR) is 43.9 cm³/mol. The highest BCUT2D eigenvalue weighted by molar-refractivity contribution is 5.77. The summed E-state index contributed by atoms with van der Waals surface area (Å²) in [4.78, 5) is 10.9. The van der Waals surface area contributed by atoms with Crippen LogP contribution in [-0.4, -0.2) is 17.6 Å². The molecule has 0 fully saturated rings. The molecule has 3 nitrogen and oxygen atoms in total. The van der Waals surface area contributed by atoms with Gasteiger partial charge in [-0.25, -0.2) is 0 Å². The Kier molecular flexibility index (Phi) is 5.47. The summed E-state index contributed by atoms with van der Waals surface area (Å²) < 4.78 is 0. The zero-order chi connectivity index (χ0) is 8.69. The van der Waals surface area contributed by atoms with Gasteiger partial charge in [0.15, 0.2) is 0 Å². The first-order valence-corrected chi connectivity index (χ1v) is 3.73. The minimum atomic E-state index is -0.0223. The Balaban J connectivity index is 3.30. The molecule has 0 aliphatic carbocycles. The summed E-state index contributed by atoms with van der Waals surface area (Å²) >= 11 is 0. The van der Waals surface area contributed by atoms with Crippen LogP contribution in [-0.2, 0) is 4.79 Å². The van der Waals surface area contributed by atoms with Crippen LogP contribution in [0.25, 0.3) is 0 Å². The van der Waals surface area contributed by atoms with Crippen LogP contribution in [0, 0.1) is 0 Å². The highest BCUT2D eigenvalue weighted by Crippen LogP contribution is 1.94. The molecule has 0 unspecified atom stereocenters. The van der Waals surface area contributed by atoms with Crippen molar-refractivity contribution in [1.82, 2.24) is 5.32 Å². The van der Waals surface area contributed by atoms with E-state index in [-0.39, 0.29) is 12.5 Å². The Hall–Kier alpha value is -0.830. The summed E-state index contributed by atoms with van der Waals surface area (Å²) in [5.41, 5.74) is 0.666. The molecule has 0 aromatic carbocycles. The zero-order valence-electron chi connectivity index (χ0n) is 6.89. The van der Waals surface area contributed by atoms with Gasteiger partial charge in [0.05, 0.1) is 0 Å². The normalized spacial score (nSPS) is 9.27. The number of hydrogen-bond acceptors (Lipinski definition) is 2. The molecular weight excluding hydrogens is 142 g/mol. The van der Waals surface area contributed by atoms with E-state index in [1.165, 1.54) is 0 Å². The number of carbonyl (C=O) groups is 1. The molecule has 0 atom stereocenters. The Morgan fingerprint density at radius 1 is 1.55 bits per heavy atom. The maximum absolute atomic E-state index is 10.9. The Morgan fingerprint density at radius 2 is 2.18 bits per heavy atom. The molecule has 0 spiro atoms. The molecule has 0 bridgehead atoms. The lowest BCUT2D eigenvalue weighted by molar-refractivity contribution is -0.120. The van der Waals surface area contributed by atoms with Gasteiger partial charge >= 0.3 is 0 Å². The van der Waals surface area contributed by atoms with Crippen LogP contribution in [0.2, 0.25) is 0 Å². The number of hydrogen-bond donors (Lipinski definition) is 2. The van der Waals surface area contributed by atoms with E-state index in [1.54, 1.807) is 6.92 Å². The highest BCUT2D eigenvalue weighted by atomic mass is 16.2. The van der Waals surface area contributed by atoms with Gasteiger partial charge in [0.25, 0.3) is 0 Å². The lowest BCUT2D eigenvalue weighted by Gasteiger charge is -2.01. The van der Waals surface area contributed by atoms with Gasteiger partial charge in [0, 0.05) is 18.7 Å². The number of carbonyl (C=O) groups excluding carboxylic acids is 1. The second-order valence-corrected chi connectivity index (χ2v) is 2.51. The summed E-state index contributed by atoms with van der Waals surface area (Å²) in [7, 11) is 0. The number of unbranched alkanes of at least 4 members (excludes halogenated alkanes) is 1. The molecule has 1 amide bonds. The van der Waals surface area contributed by atoms with Gasteiger partial charge in [-0.2, -0.15) is 0 Å². The fraction of sp³-hybridized carbons (Fsp3) is 0.625. The summed E-state index contributed by atoms with van der Waals surface area (Å²) in [5, 5.41) is 11.0. The zero-order valence-corrected chi connectivity index (χ0v) is 6.89. The minimum Gasteiger partial charge on any atom is -0.396 e. The van der Waals surface area contributed by atoms with Crippen LogP contribution >= 0.6 is 0 Å². The van der Waals surface area contributed by atoms with Crippen LogP contribution < -0.4 is 5.32 Å². The van der Waals surface area contributed by atoms with Crippen molar-refractivity contribution in [2.75, 3.05) is 6.61 Å². The van der Waals surface area contributed by atoms with Gasteiger partial charge < -0.3 is 10.4 Å². The quantitative estimate of drug-likeness (QED) is 0.580. The third-order valence-corrected chi connectivity index (χ3v) is 1.16. The molecule has 0 aliphatic rings. The molecule has 2 N–H and O–H groups in total. The van der Waals surface area contributed by atoms with E-state index in [4.69, 9.17) is 5.11 Å². The van der Waals surface area contributed by atoms with Gasteiger partial charge in [-0.3, -0.25) is 4.79 Å². The summed E-state index contributed by atoms with van der Waals surface area (Å²) in [6.45, 7) is 5.44. The third-order valence-electron chi connectivity index (χ3n) is 1.16. The van der Waals surface area contributed by atoms with Gasteiger partial charge in [0.1, 0.15) is 0 Å². The number of rotatable bonds is 5. The van der Waals surface area contributed by atoms with Crippen molar-refractivity contribution >= 4 is 5.91 Å². The molecule has 0 saturated heterocycles. The van der Waals surface area contributed by atoms with Crippen molar-refractivity contribution in [2.45, 2.75) is 26.2 Å². The Labute approximate surface area is 67.1 Å². The molecule has 0 rings (SSSR count). The SMILES string of the molecule is C=C(C)NC(=O)CCCCO. The molecule has 0 aromatic rings. The van der Waals surface area contributed by atoms with Gasteiger partial charge in [-0.15, -0.1) is 0 Å². The van der Waals surface area contributed by atoms with E-state index in [0.717, 1.165) is 6.42 Å². The second kappa shape index (κ2) is 5.92. The molecule has 0 radical (unpaired) electrons. The van der Waals surface area contributed by atoms with Crippen molar-refractivity contribution in [2.24, 2.45) is 0 Å². The monoisotopic (exact) mass is 157 g/mol. The first kappa shape index (κ1) is 10.2. The first-order chi connectivity index (χ1) is 5.16. The minimum absolute atomic E-state index is 0.0223. The van der Waals surface area contributed by atoms with Crippen LogP contribution in [0.3, 0.4) is 0 Å². The van der Waals surface area contributed by atoms with E-state index in [2.05, 4.69) is 11.9 Å². The third kappa shape index (κ3) is 7.06. The molecule has 0 heterocycles. The average Bonchev–Trinajstić information content (AvgIpc) is 1.86. The molecule has 0 saturated carbocycles. The van der Waals surface area contributed by atoms with Gasteiger partial charge in [0.2, 0.25) is 5.91 Å². The summed E-state index contributed by atoms with van der Waals surface area (Å²) in [6, 6.07) is 0. The highest BCUT2D eigenvalue weighted by Gasteiger charge is 1.98. The van der Waals surface area contributed by atoms with Crippen molar-refractivity contribution < 1.29 is 9.90 Å². The van der Waals surface area contributed by atoms with E-state index in [1.807, 2.05) is 0 Å². The summed E-state index contributed by atoms with van der Waals surface area (Å²) in [6.07, 6.45) is 1.88. The van der Waals surface area contributed by atoms with Crippen LogP contribution in [0.4, 0.5) is 0 Å². The molecule has 0 aliphatic heterocycles. The van der Waals surface area contributed by atoms with Gasteiger partial charge in [-0.1, -0.05) is 6.58 Å². The van der Waals surface area contributed by atoms with Crippen LogP contribution in [0.1, 0.15) is 26.2 Å². The van der Waals surface area contributed by atoms with Gasteiger partial charge in [-0.05, 0) is 19.8 Å². The van der Waals surface area contributed by atoms with Crippen molar-refractivity contribution in [3.63, 3.8) is 0 Å². The number of amides is 1.